The lowest BCUT2D eigenvalue weighted by molar-refractivity contribution is -0.141. The predicted molar refractivity (Wildman–Crippen MR) is 38.4 cm³/mol. The monoisotopic (exact) mass is 176 g/mol. The van der Waals surface area contributed by atoms with Crippen molar-refractivity contribution in [3.8, 4) is 0 Å². The number of hydrogen-bond donors (Lipinski definition) is 0. The van der Waals surface area contributed by atoms with E-state index in [-0.39, 0.29) is 5.56 Å². The lowest BCUT2D eigenvalue weighted by atomic mass is 10.3. The van der Waals surface area contributed by atoms with Gasteiger partial charge in [0.25, 0.3) is 0 Å². The zero-order valence-electron chi connectivity index (χ0n) is 6.39. The molecule has 0 atom stereocenters. The van der Waals surface area contributed by atoms with Gasteiger partial charge in [0.15, 0.2) is 5.69 Å². The number of hydrogen-bond acceptors (Lipinski definition) is 1. The SMILES string of the molecule is C=Cn1cc(C)c(C(F)(F)F)n1. The molecule has 0 aliphatic rings. The molecule has 1 aromatic rings. The molecule has 5 heteroatoms. The Bertz CT molecular complexity index is 298. The fourth-order valence-corrected chi connectivity index (χ4v) is 0.857. The van der Waals surface area contributed by atoms with Gasteiger partial charge in [0.1, 0.15) is 0 Å². The van der Waals surface area contributed by atoms with Crippen LogP contribution < -0.4 is 0 Å². The highest BCUT2D eigenvalue weighted by atomic mass is 19.4. The van der Waals surface area contributed by atoms with E-state index in [0.717, 1.165) is 4.68 Å². The molecule has 0 amide bonds. The van der Waals surface area contributed by atoms with Gasteiger partial charge >= 0.3 is 6.18 Å². The molecule has 0 radical (unpaired) electrons. The summed E-state index contributed by atoms with van der Waals surface area (Å²) >= 11 is 0. The molecule has 0 aromatic carbocycles. The average Bonchev–Trinajstić information content (AvgIpc) is 2.29. The van der Waals surface area contributed by atoms with E-state index in [1.54, 1.807) is 0 Å². The number of aromatic nitrogens is 2. The molecule has 66 valence electrons. The van der Waals surface area contributed by atoms with E-state index in [9.17, 15) is 13.2 Å². The maximum Gasteiger partial charge on any atom is 0.435 e. The smallest absolute Gasteiger partial charge is 0.248 e. The van der Waals surface area contributed by atoms with Crippen LogP contribution in [0.2, 0.25) is 0 Å². The summed E-state index contributed by atoms with van der Waals surface area (Å²) in [7, 11) is 0. The number of alkyl halides is 3. The van der Waals surface area contributed by atoms with Gasteiger partial charge in [-0.3, -0.25) is 0 Å². The van der Waals surface area contributed by atoms with Crippen LogP contribution >= 0.6 is 0 Å². The molecule has 0 bridgehead atoms. The first-order valence-electron chi connectivity index (χ1n) is 3.20. The summed E-state index contributed by atoms with van der Waals surface area (Å²) < 4.78 is 37.3. The molecule has 0 unspecified atom stereocenters. The van der Waals surface area contributed by atoms with Gasteiger partial charge in [-0.2, -0.15) is 18.3 Å². The van der Waals surface area contributed by atoms with Crippen molar-refractivity contribution in [2.75, 3.05) is 0 Å². The van der Waals surface area contributed by atoms with Crippen LogP contribution in [0.25, 0.3) is 6.20 Å². The van der Waals surface area contributed by atoms with Crippen LogP contribution in [-0.4, -0.2) is 9.78 Å². The summed E-state index contributed by atoms with van der Waals surface area (Å²) in [6, 6.07) is 0. The van der Waals surface area contributed by atoms with Crippen LogP contribution in [0.4, 0.5) is 13.2 Å². The summed E-state index contributed by atoms with van der Waals surface area (Å²) in [5, 5.41) is 3.27. The van der Waals surface area contributed by atoms with Crippen LogP contribution in [-0.2, 0) is 6.18 Å². The van der Waals surface area contributed by atoms with Gasteiger partial charge in [-0.1, -0.05) is 6.58 Å². The van der Waals surface area contributed by atoms with E-state index in [0.29, 0.717) is 0 Å². The maximum atomic E-state index is 12.1. The van der Waals surface area contributed by atoms with Crippen molar-refractivity contribution >= 4 is 6.20 Å². The second-order valence-electron chi connectivity index (χ2n) is 2.32. The van der Waals surface area contributed by atoms with E-state index >= 15 is 0 Å². The second kappa shape index (κ2) is 2.66. The van der Waals surface area contributed by atoms with Gasteiger partial charge in [-0.05, 0) is 12.5 Å². The van der Waals surface area contributed by atoms with Crippen molar-refractivity contribution in [2.24, 2.45) is 0 Å². The van der Waals surface area contributed by atoms with Crippen LogP contribution in [0, 0.1) is 6.92 Å². The molecule has 12 heavy (non-hydrogen) atoms. The molecular formula is C7H7F3N2. The Labute approximate surface area is 67.3 Å². The van der Waals surface area contributed by atoms with E-state index in [4.69, 9.17) is 0 Å². The third-order valence-corrected chi connectivity index (χ3v) is 1.37. The van der Waals surface area contributed by atoms with Crippen molar-refractivity contribution < 1.29 is 13.2 Å². The summed E-state index contributed by atoms with van der Waals surface area (Å²) in [6.45, 7) is 4.66. The molecule has 0 saturated carbocycles. The molecule has 1 heterocycles. The predicted octanol–water partition coefficient (Wildman–Crippen LogP) is 2.31. The highest BCUT2D eigenvalue weighted by Gasteiger charge is 2.35. The topological polar surface area (TPSA) is 17.8 Å². The standard InChI is InChI=1S/C7H7F3N2/c1-3-12-4-5(2)6(11-12)7(8,9)10/h3-4H,1H2,2H3. The van der Waals surface area contributed by atoms with Crippen molar-refractivity contribution in [1.82, 2.24) is 9.78 Å². The molecule has 0 N–H and O–H groups in total. The Hall–Kier alpha value is -1.26. The number of halogens is 3. The highest BCUT2D eigenvalue weighted by Crippen LogP contribution is 2.29. The highest BCUT2D eigenvalue weighted by molar-refractivity contribution is 5.24. The number of nitrogens with zero attached hydrogens (tertiary/aromatic N) is 2. The minimum atomic E-state index is -4.38. The molecule has 0 aliphatic heterocycles. The van der Waals surface area contributed by atoms with Gasteiger partial charge < -0.3 is 0 Å². The molecular weight excluding hydrogens is 169 g/mol. The maximum absolute atomic E-state index is 12.1. The Morgan fingerprint density at radius 1 is 1.58 bits per heavy atom. The van der Waals surface area contributed by atoms with Crippen molar-refractivity contribution in [1.29, 1.82) is 0 Å². The number of rotatable bonds is 1. The Balaban J connectivity index is 3.16. The van der Waals surface area contributed by atoms with E-state index < -0.39 is 11.9 Å². The normalized spacial score (nSPS) is 11.7. The van der Waals surface area contributed by atoms with Crippen molar-refractivity contribution in [2.45, 2.75) is 13.1 Å². The molecule has 2 nitrogen and oxygen atoms in total. The fourth-order valence-electron chi connectivity index (χ4n) is 0.857. The molecule has 1 aromatic heterocycles. The Morgan fingerprint density at radius 2 is 2.17 bits per heavy atom. The third kappa shape index (κ3) is 1.49. The first-order chi connectivity index (χ1) is 5.45. The zero-order chi connectivity index (χ0) is 9.35. The minimum Gasteiger partial charge on any atom is -0.248 e. The lowest BCUT2D eigenvalue weighted by Gasteiger charge is -2.01. The molecule has 0 saturated heterocycles. The largest absolute Gasteiger partial charge is 0.435 e. The second-order valence-corrected chi connectivity index (χ2v) is 2.32. The molecule has 0 fully saturated rings. The summed E-state index contributed by atoms with van der Waals surface area (Å²) in [5.41, 5.74) is -0.759. The Kier molecular flexibility index (Phi) is 1.95. The third-order valence-electron chi connectivity index (χ3n) is 1.37. The minimum absolute atomic E-state index is 0.0994. The van der Waals surface area contributed by atoms with Crippen LogP contribution in [0.3, 0.4) is 0 Å². The van der Waals surface area contributed by atoms with Crippen LogP contribution in [0.1, 0.15) is 11.3 Å². The molecule has 1 rings (SSSR count). The zero-order valence-corrected chi connectivity index (χ0v) is 6.39. The van der Waals surface area contributed by atoms with Crippen molar-refractivity contribution in [3.63, 3.8) is 0 Å². The summed E-state index contributed by atoms with van der Waals surface area (Å²) in [4.78, 5) is 0. The van der Waals surface area contributed by atoms with Crippen molar-refractivity contribution in [3.05, 3.63) is 24.0 Å². The summed E-state index contributed by atoms with van der Waals surface area (Å²) in [5.74, 6) is 0. The van der Waals surface area contributed by atoms with Gasteiger partial charge in [-0.15, -0.1) is 0 Å². The lowest BCUT2D eigenvalue weighted by Crippen LogP contribution is -2.07. The first-order valence-corrected chi connectivity index (χ1v) is 3.20. The quantitative estimate of drug-likeness (QED) is 0.642. The first kappa shape index (κ1) is 8.83. The molecule has 0 aliphatic carbocycles. The number of aryl methyl sites for hydroxylation is 1. The summed E-state index contributed by atoms with van der Waals surface area (Å²) in [6.07, 6.45) is -1.89. The fraction of sp³-hybridized carbons (Fsp3) is 0.286. The van der Waals surface area contributed by atoms with Gasteiger partial charge in [0.05, 0.1) is 0 Å². The van der Waals surface area contributed by atoms with Crippen LogP contribution in [0.15, 0.2) is 12.8 Å². The van der Waals surface area contributed by atoms with Gasteiger partial charge in [0.2, 0.25) is 0 Å². The van der Waals surface area contributed by atoms with E-state index in [1.807, 2.05) is 0 Å². The van der Waals surface area contributed by atoms with E-state index in [1.165, 1.54) is 19.3 Å². The molecule has 0 spiro atoms. The van der Waals surface area contributed by atoms with Gasteiger partial charge in [-0.25, -0.2) is 4.68 Å². The average molecular weight is 176 g/mol. The Morgan fingerprint density at radius 3 is 2.42 bits per heavy atom. The van der Waals surface area contributed by atoms with E-state index in [2.05, 4.69) is 11.7 Å². The van der Waals surface area contributed by atoms with Gasteiger partial charge in [0, 0.05) is 12.4 Å². The van der Waals surface area contributed by atoms with Crippen LogP contribution in [0.5, 0.6) is 0 Å².